The fraction of sp³-hybridized carbons (Fsp3) is 0.333. The topological polar surface area (TPSA) is 102 Å². The predicted molar refractivity (Wildman–Crippen MR) is 64.4 cm³/mol. The standard InChI is InChI=1S/C12H14O7/c1-17-7-5-8(18-2)11(19-3)10(12(15)16)6(7)4-9(13)14/h5H,4H2,1-3H3,(H,13,14)(H,15,16). The normalized spacial score (nSPS) is 9.84. The van der Waals surface area contributed by atoms with Crippen molar-refractivity contribution in [1.82, 2.24) is 0 Å². The van der Waals surface area contributed by atoms with Crippen LogP contribution < -0.4 is 14.2 Å². The van der Waals surface area contributed by atoms with Gasteiger partial charge in [0.2, 0.25) is 0 Å². The quantitative estimate of drug-likeness (QED) is 0.796. The predicted octanol–water partition coefficient (Wildman–Crippen LogP) is 1.04. The van der Waals surface area contributed by atoms with Crippen molar-refractivity contribution in [3.05, 3.63) is 17.2 Å². The van der Waals surface area contributed by atoms with E-state index in [0.29, 0.717) is 0 Å². The highest BCUT2D eigenvalue weighted by molar-refractivity contribution is 5.96. The first kappa shape index (κ1) is 14.6. The maximum Gasteiger partial charge on any atom is 0.340 e. The molecule has 1 rings (SSSR count). The molecular formula is C12H14O7. The number of carboxylic acids is 2. The molecule has 0 heterocycles. The molecule has 7 heteroatoms. The monoisotopic (exact) mass is 270 g/mol. The summed E-state index contributed by atoms with van der Waals surface area (Å²) in [5.41, 5.74) is -0.249. The van der Waals surface area contributed by atoms with Crippen LogP contribution in [-0.4, -0.2) is 43.5 Å². The number of ether oxygens (including phenoxy) is 3. The maximum atomic E-state index is 11.3. The summed E-state index contributed by atoms with van der Waals surface area (Å²) in [5.74, 6) is -2.24. The van der Waals surface area contributed by atoms with Gasteiger partial charge in [-0.1, -0.05) is 0 Å². The van der Waals surface area contributed by atoms with Crippen molar-refractivity contribution in [3.63, 3.8) is 0 Å². The Morgan fingerprint density at radius 3 is 2.00 bits per heavy atom. The Labute approximate surface area is 109 Å². The SMILES string of the molecule is COc1cc(OC)c(OC)c(C(=O)O)c1CC(=O)O. The van der Waals surface area contributed by atoms with E-state index in [1.54, 1.807) is 0 Å². The molecule has 1 aromatic rings. The third-order valence-electron chi connectivity index (χ3n) is 2.50. The summed E-state index contributed by atoms with van der Waals surface area (Å²) in [6.07, 6.45) is -0.495. The van der Waals surface area contributed by atoms with Gasteiger partial charge in [0.1, 0.15) is 11.3 Å². The second-order valence-corrected chi connectivity index (χ2v) is 3.54. The first-order chi connectivity index (χ1) is 8.96. The second-order valence-electron chi connectivity index (χ2n) is 3.54. The molecule has 19 heavy (non-hydrogen) atoms. The molecular weight excluding hydrogens is 256 g/mol. The van der Waals surface area contributed by atoms with Crippen LogP contribution in [-0.2, 0) is 11.2 Å². The molecule has 0 fully saturated rings. The highest BCUT2D eigenvalue weighted by Gasteiger charge is 2.26. The van der Waals surface area contributed by atoms with Gasteiger partial charge in [0.25, 0.3) is 0 Å². The summed E-state index contributed by atoms with van der Waals surface area (Å²) >= 11 is 0. The van der Waals surface area contributed by atoms with E-state index in [2.05, 4.69) is 0 Å². The van der Waals surface area contributed by atoms with Crippen LogP contribution >= 0.6 is 0 Å². The van der Waals surface area contributed by atoms with Crippen molar-refractivity contribution in [2.45, 2.75) is 6.42 Å². The maximum absolute atomic E-state index is 11.3. The Bertz CT molecular complexity index is 507. The Morgan fingerprint density at radius 1 is 1.05 bits per heavy atom. The lowest BCUT2D eigenvalue weighted by Gasteiger charge is -2.16. The van der Waals surface area contributed by atoms with E-state index in [-0.39, 0.29) is 28.4 Å². The van der Waals surface area contributed by atoms with Gasteiger partial charge in [0, 0.05) is 11.6 Å². The number of hydrogen-bond donors (Lipinski definition) is 2. The number of aliphatic carboxylic acids is 1. The van der Waals surface area contributed by atoms with Gasteiger partial charge in [-0.05, 0) is 0 Å². The zero-order chi connectivity index (χ0) is 14.6. The molecule has 0 atom stereocenters. The molecule has 0 saturated heterocycles. The van der Waals surface area contributed by atoms with Crippen LogP contribution in [0.2, 0.25) is 0 Å². The average Bonchev–Trinajstić information content (AvgIpc) is 2.36. The van der Waals surface area contributed by atoms with Crippen molar-refractivity contribution in [1.29, 1.82) is 0 Å². The largest absolute Gasteiger partial charge is 0.496 e. The van der Waals surface area contributed by atoms with E-state index in [1.807, 2.05) is 0 Å². The summed E-state index contributed by atoms with van der Waals surface area (Å²) in [7, 11) is 3.94. The van der Waals surface area contributed by atoms with Crippen LogP contribution in [0.25, 0.3) is 0 Å². The molecule has 1 aromatic carbocycles. The third kappa shape index (κ3) is 2.87. The molecule has 0 unspecified atom stereocenters. The van der Waals surface area contributed by atoms with Crippen LogP contribution in [0.5, 0.6) is 17.2 Å². The lowest BCUT2D eigenvalue weighted by molar-refractivity contribution is -0.136. The smallest absolute Gasteiger partial charge is 0.340 e. The first-order valence-corrected chi connectivity index (χ1v) is 5.23. The molecule has 0 amide bonds. The summed E-state index contributed by atoms with van der Waals surface area (Å²) in [6.45, 7) is 0. The minimum atomic E-state index is -1.31. The number of methoxy groups -OCH3 is 3. The minimum Gasteiger partial charge on any atom is -0.496 e. The Balaban J connectivity index is 3.65. The fourth-order valence-corrected chi connectivity index (χ4v) is 1.74. The van der Waals surface area contributed by atoms with Crippen molar-refractivity contribution in [2.24, 2.45) is 0 Å². The van der Waals surface area contributed by atoms with Crippen LogP contribution in [0.4, 0.5) is 0 Å². The molecule has 0 aliphatic rings. The lowest BCUT2D eigenvalue weighted by atomic mass is 10.0. The highest BCUT2D eigenvalue weighted by atomic mass is 16.5. The van der Waals surface area contributed by atoms with Crippen molar-refractivity contribution in [3.8, 4) is 17.2 Å². The minimum absolute atomic E-state index is 0.0279. The van der Waals surface area contributed by atoms with E-state index < -0.39 is 18.4 Å². The van der Waals surface area contributed by atoms with Gasteiger partial charge in [-0.3, -0.25) is 4.79 Å². The number of aromatic carboxylic acids is 1. The summed E-state index contributed by atoms with van der Waals surface area (Å²) in [4.78, 5) is 22.2. The highest BCUT2D eigenvalue weighted by Crippen LogP contribution is 2.39. The third-order valence-corrected chi connectivity index (χ3v) is 2.50. The van der Waals surface area contributed by atoms with E-state index >= 15 is 0 Å². The zero-order valence-corrected chi connectivity index (χ0v) is 10.7. The van der Waals surface area contributed by atoms with Gasteiger partial charge in [0.15, 0.2) is 11.5 Å². The Morgan fingerprint density at radius 2 is 1.63 bits per heavy atom. The molecule has 0 saturated carbocycles. The van der Waals surface area contributed by atoms with Gasteiger partial charge in [-0.15, -0.1) is 0 Å². The number of benzene rings is 1. The summed E-state index contributed by atoms with van der Waals surface area (Å²) in [5, 5.41) is 18.1. The number of carbonyl (C=O) groups is 2. The van der Waals surface area contributed by atoms with E-state index in [0.717, 1.165) is 0 Å². The van der Waals surface area contributed by atoms with Gasteiger partial charge >= 0.3 is 11.9 Å². The number of rotatable bonds is 6. The van der Waals surface area contributed by atoms with Gasteiger partial charge < -0.3 is 24.4 Å². The van der Waals surface area contributed by atoms with Gasteiger partial charge in [0.05, 0.1) is 27.8 Å². The second kappa shape index (κ2) is 5.94. The zero-order valence-electron chi connectivity index (χ0n) is 10.7. The van der Waals surface area contributed by atoms with E-state index in [9.17, 15) is 14.7 Å². The molecule has 0 aromatic heterocycles. The molecule has 0 radical (unpaired) electrons. The lowest BCUT2D eigenvalue weighted by Crippen LogP contribution is -2.12. The van der Waals surface area contributed by atoms with Gasteiger partial charge in [-0.2, -0.15) is 0 Å². The van der Waals surface area contributed by atoms with Crippen molar-refractivity contribution >= 4 is 11.9 Å². The van der Waals surface area contributed by atoms with Gasteiger partial charge in [-0.25, -0.2) is 4.79 Å². The summed E-state index contributed by atoms with van der Waals surface area (Å²) in [6, 6.07) is 1.39. The van der Waals surface area contributed by atoms with E-state index in [1.165, 1.54) is 27.4 Å². The molecule has 7 nitrogen and oxygen atoms in total. The Hall–Kier alpha value is -2.44. The van der Waals surface area contributed by atoms with Crippen molar-refractivity contribution < 1.29 is 34.0 Å². The van der Waals surface area contributed by atoms with Crippen LogP contribution in [0.3, 0.4) is 0 Å². The number of carboxylic acid groups (broad SMARTS) is 2. The molecule has 104 valence electrons. The van der Waals surface area contributed by atoms with Crippen molar-refractivity contribution in [2.75, 3.05) is 21.3 Å². The molecule has 2 N–H and O–H groups in total. The first-order valence-electron chi connectivity index (χ1n) is 5.23. The molecule has 0 aliphatic carbocycles. The molecule has 0 bridgehead atoms. The fourth-order valence-electron chi connectivity index (χ4n) is 1.74. The summed E-state index contributed by atoms with van der Waals surface area (Å²) < 4.78 is 15.0. The van der Waals surface area contributed by atoms with Crippen LogP contribution in [0.1, 0.15) is 15.9 Å². The number of hydrogen-bond acceptors (Lipinski definition) is 5. The Kier molecular flexibility index (Phi) is 4.57. The molecule has 0 aliphatic heterocycles. The molecule has 0 spiro atoms. The average molecular weight is 270 g/mol. The van der Waals surface area contributed by atoms with E-state index in [4.69, 9.17) is 19.3 Å². The van der Waals surface area contributed by atoms with Crippen LogP contribution in [0, 0.1) is 0 Å². The van der Waals surface area contributed by atoms with Crippen LogP contribution in [0.15, 0.2) is 6.07 Å².